The van der Waals surface area contributed by atoms with Gasteiger partial charge in [-0.1, -0.05) is 23.4 Å². The standard InChI is InChI=1S/C20H26N6O2/c1-24(18-8-5-13-25(20(18)28)15-6-3-2-4-7-15)19(27)17-14-26(23-22-17)16-9-11-21-12-10-16/h2-4,6-7,14,16,18,21H,5,8-13H2,1H3. The molecule has 2 aromatic rings. The number of para-hydroxylation sites is 1. The lowest BCUT2D eigenvalue weighted by molar-refractivity contribution is -0.124. The molecule has 8 heteroatoms. The lowest BCUT2D eigenvalue weighted by Gasteiger charge is -2.36. The van der Waals surface area contributed by atoms with Crippen molar-refractivity contribution in [2.75, 3.05) is 31.6 Å². The molecular weight excluding hydrogens is 356 g/mol. The molecule has 1 aromatic carbocycles. The van der Waals surface area contributed by atoms with Crippen molar-refractivity contribution in [3.8, 4) is 0 Å². The van der Waals surface area contributed by atoms with E-state index < -0.39 is 6.04 Å². The summed E-state index contributed by atoms with van der Waals surface area (Å²) in [7, 11) is 1.68. The Bertz CT molecular complexity index is 830. The van der Waals surface area contributed by atoms with E-state index in [2.05, 4.69) is 15.6 Å². The molecule has 0 bridgehead atoms. The number of benzene rings is 1. The fourth-order valence-corrected chi connectivity index (χ4v) is 4.03. The zero-order valence-corrected chi connectivity index (χ0v) is 16.1. The van der Waals surface area contributed by atoms with Gasteiger partial charge in [0.05, 0.1) is 12.2 Å². The van der Waals surface area contributed by atoms with Crippen molar-refractivity contribution in [1.29, 1.82) is 0 Å². The van der Waals surface area contributed by atoms with E-state index in [1.165, 1.54) is 4.90 Å². The molecule has 0 radical (unpaired) electrons. The van der Waals surface area contributed by atoms with Gasteiger partial charge in [-0.3, -0.25) is 9.59 Å². The van der Waals surface area contributed by atoms with Crippen LogP contribution in [0.3, 0.4) is 0 Å². The van der Waals surface area contributed by atoms with Crippen molar-refractivity contribution in [2.45, 2.75) is 37.8 Å². The van der Waals surface area contributed by atoms with Gasteiger partial charge in [-0.05, 0) is 50.9 Å². The minimum atomic E-state index is -0.481. The lowest BCUT2D eigenvalue weighted by Crippen LogP contribution is -2.53. The third-order valence-electron chi connectivity index (χ3n) is 5.68. The minimum absolute atomic E-state index is 0.0425. The number of piperidine rings is 2. The SMILES string of the molecule is CN(C(=O)c1cn(C2CCNCC2)nn1)C1CCCN(c2ccccc2)C1=O. The van der Waals surface area contributed by atoms with E-state index in [-0.39, 0.29) is 17.9 Å². The summed E-state index contributed by atoms with van der Waals surface area (Å²) in [5, 5.41) is 11.6. The number of hydrogen-bond donors (Lipinski definition) is 1. The van der Waals surface area contributed by atoms with Gasteiger partial charge < -0.3 is 15.1 Å². The van der Waals surface area contributed by atoms with Crippen molar-refractivity contribution in [2.24, 2.45) is 0 Å². The van der Waals surface area contributed by atoms with E-state index in [0.717, 1.165) is 38.0 Å². The summed E-state index contributed by atoms with van der Waals surface area (Å²) in [6.07, 6.45) is 5.18. The van der Waals surface area contributed by atoms with Crippen LogP contribution in [-0.4, -0.2) is 64.4 Å². The van der Waals surface area contributed by atoms with Crippen LogP contribution in [0, 0.1) is 0 Å². The van der Waals surface area contributed by atoms with Crippen LogP contribution in [0.15, 0.2) is 36.5 Å². The van der Waals surface area contributed by atoms with Crippen LogP contribution in [0.1, 0.15) is 42.2 Å². The molecule has 1 N–H and O–H groups in total. The molecular formula is C20H26N6O2. The van der Waals surface area contributed by atoms with Crippen molar-refractivity contribution in [1.82, 2.24) is 25.2 Å². The first-order valence-corrected chi connectivity index (χ1v) is 9.91. The van der Waals surface area contributed by atoms with Crippen molar-refractivity contribution in [3.63, 3.8) is 0 Å². The normalized spacial score (nSPS) is 21.0. The van der Waals surface area contributed by atoms with Gasteiger partial charge in [0.2, 0.25) is 5.91 Å². The van der Waals surface area contributed by atoms with Gasteiger partial charge >= 0.3 is 0 Å². The molecule has 1 aromatic heterocycles. The Labute approximate surface area is 164 Å². The molecule has 8 nitrogen and oxygen atoms in total. The summed E-state index contributed by atoms with van der Waals surface area (Å²) >= 11 is 0. The van der Waals surface area contributed by atoms with E-state index in [1.807, 2.05) is 30.3 Å². The first-order chi connectivity index (χ1) is 13.6. The van der Waals surface area contributed by atoms with Crippen LogP contribution < -0.4 is 10.2 Å². The summed E-state index contributed by atoms with van der Waals surface area (Å²) in [4.78, 5) is 29.3. The summed E-state index contributed by atoms with van der Waals surface area (Å²) in [5.41, 5.74) is 1.17. The van der Waals surface area contributed by atoms with Gasteiger partial charge in [0.1, 0.15) is 6.04 Å². The topological polar surface area (TPSA) is 83.4 Å². The van der Waals surface area contributed by atoms with E-state index in [0.29, 0.717) is 18.7 Å². The van der Waals surface area contributed by atoms with Crippen molar-refractivity contribution in [3.05, 3.63) is 42.2 Å². The van der Waals surface area contributed by atoms with Gasteiger partial charge in [-0.15, -0.1) is 5.10 Å². The van der Waals surface area contributed by atoms with Crippen LogP contribution in [0.25, 0.3) is 0 Å². The number of nitrogens with zero attached hydrogens (tertiary/aromatic N) is 5. The molecule has 2 amide bonds. The fourth-order valence-electron chi connectivity index (χ4n) is 4.03. The summed E-state index contributed by atoms with van der Waals surface area (Å²) in [6.45, 7) is 2.56. The monoisotopic (exact) mass is 382 g/mol. The molecule has 3 heterocycles. The van der Waals surface area contributed by atoms with Gasteiger partial charge in [-0.25, -0.2) is 4.68 Å². The molecule has 0 spiro atoms. The molecule has 148 valence electrons. The molecule has 2 fully saturated rings. The minimum Gasteiger partial charge on any atom is -0.328 e. The predicted molar refractivity (Wildman–Crippen MR) is 105 cm³/mol. The third kappa shape index (κ3) is 3.64. The van der Waals surface area contributed by atoms with Crippen molar-refractivity contribution < 1.29 is 9.59 Å². The van der Waals surface area contributed by atoms with Gasteiger partial charge in [0.25, 0.3) is 5.91 Å². The van der Waals surface area contributed by atoms with E-state index >= 15 is 0 Å². The Morgan fingerprint density at radius 1 is 1.18 bits per heavy atom. The maximum atomic E-state index is 13.0. The maximum absolute atomic E-state index is 13.0. The highest BCUT2D eigenvalue weighted by Gasteiger charge is 2.35. The predicted octanol–water partition coefficient (Wildman–Crippen LogP) is 1.47. The smallest absolute Gasteiger partial charge is 0.276 e. The number of hydrogen-bond acceptors (Lipinski definition) is 5. The lowest BCUT2D eigenvalue weighted by atomic mass is 10.0. The number of amides is 2. The highest BCUT2D eigenvalue weighted by Crippen LogP contribution is 2.24. The number of nitrogens with one attached hydrogen (secondary N) is 1. The Kier molecular flexibility index (Phi) is 5.38. The zero-order valence-electron chi connectivity index (χ0n) is 16.1. The molecule has 2 aliphatic heterocycles. The summed E-state index contributed by atoms with van der Waals surface area (Å²) in [5.74, 6) is -0.299. The average molecular weight is 382 g/mol. The number of likely N-dealkylation sites (N-methyl/N-ethyl adjacent to an activating group) is 1. The summed E-state index contributed by atoms with van der Waals surface area (Å²) in [6, 6.07) is 9.40. The number of aromatic nitrogens is 3. The zero-order chi connectivity index (χ0) is 19.5. The highest BCUT2D eigenvalue weighted by molar-refractivity contribution is 6.02. The van der Waals surface area contributed by atoms with Crippen LogP contribution in [-0.2, 0) is 4.79 Å². The molecule has 28 heavy (non-hydrogen) atoms. The Morgan fingerprint density at radius 2 is 1.93 bits per heavy atom. The average Bonchev–Trinajstić information content (AvgIpc) is 3.24. The number of anilines is 1. The Morgan fingerprint density at radius 3 is 2.68 bits per heavy atom. The second kappa shape index (κ2) is 8.10. The molecule has 0 aliphatic carbocycles. The molecule has 1 atom stereocenters. The van der Waals surface area contributed by atoms with E-state index in [4.69, 9.17) is 0 Å². The Balaban J connectivity index is 1.47. The maximum Gasteiger partial charge on any atom is 0.276 e. The van der Waals surface area contributed by atoms with E-state index in [9.17, 15) is 9.59 Å². The number of carbonyl (C=O) groups is 2. The third-order valence-corrected chi connectivity index (χ3v) is 5.68. The molecule has 1 unspecified atom stereocenters. The highest BCUT2D eigenvalue weighted by atomic mass is 16.2. The first-order valence-electron chi connectivity index (χ1n) is 9.91. The van der Waals surface area contributed by atoms with Crippen LogP contribution >= 0.6 is 0 Å². The van der Waals surface area contributed by atoms with Crippen LogP contribution in [0.4, 0.5) is 5.69 Å². The quantitative estimate of drug-likeness (QED) is 0.866. The largest absolute Gasteiger partial charge is 0.328 e. The fraction of sp³-hybridized carbons (Fsp3) is 0.500. The van der Waals surface area contributed by atoms with Crippen molar-refractivity contribution >= 4 is 17.5 Å². The molecule has 2 saturated heterocycles. The first kappa shape index (κ1) is 18.6. The van der Waals surface area contributed by atoms with Gasteiger partial charge in [-0.2, -0.15) is 0 Å². The number of rotatable bonds is 4. The molecule has 0 saturated carbocycles. The van der Waals surface area contributed by atoms with Gasteiger partial charge in [0, 0.05) is 19.3 Å². The number of carbonyl (C=O) groups excluding carboxylic acids is 2. The van der Waals surface area contributed by atoms with Gasteiger partial charge in [0.15, 0.2) is 5.69 Å². The molecule has 2 aliphatic rings. The van der Waals surface area contributed by atoms with Crippen LogP contribution in [0.5, 0.6) is 0 Å². The summed E-state index contributed by atoms with van der Waals surface area (Å²) < 4.78 is 1.79. The molecule has 4 rings (SSSR count). The Hall–Kier alpha value is -2.74. The van der Waals surface area contributed by atoms with E-state index in [1.54, 1.807) is 22.8 Å². The second-order valence-corrected chi connectivity index (χ2v) is 7.46. The second-order valence-electron chi connectivity index (χ2n) is 7.46. The van der Waals surface area contributed by atoms with Crippen LogP contribution in [0.2, 0.25) is 0 Å².